The molecule has 6 rings (SSSR count). The Balaban J connectivity index is 1.23. The van der Waals surface area contributed by atoms with Gasteiger partial charge in [-0.3, -0.25) is 9.13 Å². The van der Waals surface area contributed by atoms with E-state index in [1.165, 1.54) is 34.2 Å². The molecule has 16 heteroatoms. The first-order valence-corrected chi connectivity index (χ1v) is 13.3. The van der Waals surface area contributed by atoms with Crippen molar-refractivity contribution in [1.29, 1.82) is 0 Å². The third-order valence-electron chi connectivity index (χ3n) is 6.24. The van der Waals surface area contributed by atoms with Crippen LogP contribution >= 0.6 is 21.6 Å². The van der Waals surface area contributed by atoms with Gasteiger partial charge in [0, 0.05) is 12.8 Å². The molecule has 36 heavy (non-hydrogen) atoms. The molecule has 0 radical (unpaired) electrons. The highest BCUT2D eigenvalue weighted by Crippen LogP contribution is 2.41. The lowest BCUT2D eigenvalue weighted by molar-refractivity contribution is -0.0432. The molecule has 0 unspecified atom stereocenters. The molecule has 0 bridgehead atoms. The topological polar surface area (TPSA) is 187 Å². The molecule has 2 fully saturated rings. The minimum absolute atomic E-state index is 0.268. The smallest absolute Gasteiger partial charge is 0.166 e. The first kappa shape index (κ1) is 23.9. The third kappa shape index (κ3) is 4.12. The summed E-state index contributed by atoms with van der Waals surface area (Å²) in [5.74, 6) is 0. The summed E-state index contributed by atoms with van der Waals surface area (Å²) in [5.41, 5.74) is 2.24. The van der Waals surface area contributed by atoms with Crippen LogP contribution in [0.4, 0.5) is 0 Å². The van der Waals surface area contributed by atoms with Gasteiger partial charge >= 0.3 is 0 Å². The molecular formula is C20H22N8O6S2. The Morgan fingerprint density at radius 3 is 1.56 bits per heavy atom. The Bertz CT molecular complexity index is 1280. The summed E-state index contributed by atoms with van der Waals surface area (Å²) < 4.78 is 14.9. The number of hydrogen-bond acceptors (Lipinski definition) is 14. The van der Waals surface area contributed by atoms with Crippen LogP contribution in [0, 0.1) is 0 Å². The molecule has 0 amide bonds. The quantitative estimate of drug-likeness (QED) is 0.184. The Morgan fingerprint density at radius 1 is 0.722 bits per heavy atom. The van der Waals surface area contributed by atoms with E-state index in [2.05, 4.69) is 29.9 Å². The van der Waals surface area contributed by atoms with E-state index in [1.807, 2.05) is 0 Å². The molecule has 4 aromatic rings. The predicted octanol–water partition coefficient (Wildman–Crippen LogP) is 0.0468. The van der Waals surface area contributed by atoms with E-state index in [4.69, 9.17) is 9.47 Å². The molecule has 2 saturated heterocycles. The van der Waals surface area contributed by atoms with Crippen LogP contribution in [0.1, 0.15) is 25.3 Å². The number of aliphatic hydroxyl groups is 4. The lowest BCUT2D eigenvalue weighted by Gasteiger charge is -2.13. The number of aliphatic hydroxyl groups excluding tert-OH is 4. The SMILES string of the molecule is OC[C@H]1O[C@H](n2cnc3c(SSc4ncnc5c4ncn5[C@@H]4C[C@H](O)[C@@H](CO)O4)ncnc32)C[C@@H]1O. The highest BCUT2D eigenvalue weighted by atomic mass is 33.1. The van der Waals surface area contributed by atoms with Crippen LogP contribution < -0.4 is 0 Å². The molecule has 0 spiro atoms. The van der Waals surface area contributed by atoms with Gasteiger partial charge in [0.15, 0.2) is 11.3 Å². The van der Waals surface area contributed by atoms with Crippen LogP contribution in [0.15, 0.2) is 35.4 Å². The predicted molar refractivity (Wildman–Crippen MR) is 126 cm³/mol. The van der Waals surface area contributed by atoms with Gasteiger partial charge in [0.25, 0.3) is 0 Å². The summed E-state index contributed by atoms with van der Waals surface area (Å²) in [7, 11) is 2.68. The molecule has 0 saturated carbocycles. The van der Waals surface area contributed by atoms with Crippen molar-refractivity contribution in [3.63, 3.8) is 0 Å². The molecule has 6 atom stereocenters. The van der Waals surface area contributed by atoms with Crippen molar-refractivity contribution < 1.29 is 29.9 Å². The summed E-state index contributed by atoms with van der Waals surface area (Å²) in [4.78, 5) is 26.3. The van der Waals surface area contributed by atoms with E-state index in [-0.39, 0.29) is 13.2 Å². The molecule has 0 aliphatic carbocycles. The molecule has 0 aromatic carbocycles. The van der Waals surface area contributed by atoms with Gasteiger partial charge < -0.3 is 29.9 Å². The van der Waals surface area contributed by atoms with Gasteiger partial charge in [-0.25, -0.2) is 29.9 Å². The summed E-state index contributed by atoms with van der Waals surface area (Å²) >= 11 is 0. The number of hydrogen-bond donors (Lipinski definition) is 4. The van der Waals surface area contributed by atoms with E-state index < -0.39 is 36.9 Å². The van der Waals surface area contributed by atoms with E-state index in [0.29, 0.717) is 45.2 Å². The number of imidazole rings is 2. The van der Waals surface area contributed by atoms with Crippen LogP contribution in [-0.2, 0) is 9.47 Å². The van der Waals surface area contributed by atoms with Crippen molar-refractivity contribution in [2.75, 3.05) is 13.2 Å². The first-order chi connectivity index (χ1) is 17.6. The standard InChI is InChI=1S/C20H22N8O6S2/c29-3-11-9(31)1-13(33-11)27-7-25-15-17(27)21-5-23-19(15)35-36-20-16-18(22-6-24-20)28(8-26-16)14-2-10(32)12(4-30)34-14/h5-14,29-32H,1-4H2/t9-,10-,11+,12+,13-,14-/m0/s1. The molecular weight excluding hydrogens is 512 g/mol. The van der Waals surface area contributed by atoms with Crippen LogP contribution in [-0.4, -0.2) is 97.1 Å². The Morgan fingerprint density at radius 2 is 1.17 bits per heavy atom. The fourth-order valence-electron chi connectivity index (χ4n) is 4.38. The number of ether oxygens (including phenoxy) is 2. The zero-order chi connectivity index (χ0) is 24.8. The van der Waals surface area contributed by atoms with Crippen molar-refractivity contribution in [2.24, 2.45) is 0 Å². The number of aromatic nitrogens is 8. The highest BCUT2D eigenvalue weighted by Gasteiger charge is 2.36. The maximum atomic E-state index is 10.1. The zero-order valence-corrected chi connectivity index (χ0v) is 20.2. The van der Waals surface area contributed by atoms with Crippen LogP contribution in [0.25, 0.3) is 22.3 Å². The largest absolute Gasteiger partial charge is 0.394 e. The first-order valence-electron chi connectivity index (χ1n) is 11.2. The van der Waals surface area contributed by atoms with Crippen molar-refractivity contribution in [2.45, 2.75) is 59.8 Å². The van der Waals surface area contributed by atoms with Gasteiger partial charge in [0.05, 0.1) is 38.1 Å². The van der Waals surface area contributed by atoms with Crippen molar-refractivity contribution >= 4 is 43.9 Å². The summed E-state index contributed by atoms with van der Waals surface area (Å²) in [6.45, 7) is -0.536. The van der Waals surface area contributed by atoms with Crippen molar-refractivity contribution in [1.82, 2.24) is 39.0 Å². The minimum Gasteiger partial charge on any atom is -0.394 e. The van der Waals surface area contributed by atoms with Gasteiger partial charge in [-0.15, -0.1) is 0 Å². The average molecular weight is 535 g/mol. The lowest BCUT2D eigenvalue weighted by atomic mass is 10.2. The molecule has 2 aliphatic rings. The molecule has 6 heterocycles. The maximum Gasteiger partial charge on any atom is 0.166 e. The second-order valence-corrected chi connectivity index (χ2v) is 10.5. The summed E-state index contributed by atoms with van der Waals surface area (Å²) in [5, 5.41) is 40.1. The lowest BCUT2D eigenvalue weighted by Crippen LogP contribution is -2.24. The number of nitrogens with zero attached hydrogens (tertiary/aromatic N) is 8. The van der Waals surface area contributed by atoms with Gasteiger partial charge in [-0.2, -0.15) is 0 Å². The Kier molecular flexibility index (Phi) is 6.51. The van der Waals surface area contributed by atoms with Gasteiger partial charge in [0.1, 0.15) is 58.4 Å². The normalized spacial score (nSPS) is 28.6. The summed E-state index contributed by atoms with van der Waals surface area (Å²) in [6, 6.07) is 0. The van der Waals surface area contributed by atoms with Crippen LogP contribution in [0.5, 0.6) is 0 Å². The van der Waals surface area contributed by atoms with E-state index in [9.17, 15) is 20.4 Å². The number of fused-ring (bicyclic) bond motifs is 2. The third-order valence-corrected chi connectivity index (χ3v) is 8.43. The maximum absolute atomic E-state index is 10.1. The van der Waals surface area contributed by atoms with Gasteiger partial charge in [0.2, 0.25) is 0 Å². The van der Waals surface area contributed by atoms with Crippen molar-refractivity contribution in [3.8, 4) is 0 Å². The second-order valence-electron chi connectivity index (χ2n) is 8.40. The van der Waals surface area contributed by atoms with Crippen LogP contribution in [0.3, 0.4) is 0 Å². The average Bonchev–Trinajstić information content (AvgIpc) is 3.66. The minimum atomic E-state index is -0.768. The molecule has 2 aliphatic heterocycles. The summed E-state index contributed by atoms with van der Waals surface area (Å²) in [6.07, 6.45) is 2.87. The van der Waals surface area contributed by atoms with Gasteiger partial charge in [-0.1, -0.05) is 0 Å². The van der Waals surface area contributed by atoms with E-state index in [1.54, 1.807) is 21.8 Å². The highest BCUT2D eigenvalue weighted by molar-refractivity contribution is 8.76. The monoisotopic (exact) mass is 534 g/mol. The van der Waals surface area contributed by atoms with Gasteiger partial charge in [-0.05, 0) is 21.6 Å². The Labute approximate surface area is 211 Å². The fourth-order valence-corrected chi connectivity index (χ4v) is 6.37. The Hall–Kier alpha value is -2.44. The zero-order valence-electron chi connectivity index (χ0n) is 18.6. The molecule has 14 nitrogen and oxygen atoms in total. The van der Waals surface area contributed by atoms with E-state index in [0.717, 1.165) is 0 Å². The second kappa shape index (κ2) is 9.79. The van der Waals surface area contributed by atoms with Crippen LogP contribution in [0.2, 0.25) is 0 Å². The fraction of sp³-hybridized carbons (Fsp3) is 0.500. The number of rotatable bonds is 7. The molecule has 190 valence electrons. The molecule has 4 N–H and O–H groups in total. The molecule has 4 aromatic heterocycles. The van der Waals surface area contributed by atoms with Crippen molar-refractivity contribution in [3.05, 3.63) is 25.3 Å². The van der Waals surface area contributed by atoms with E-state index >= 15 is 0 Å².